The average Bonchev–Trinajstić information content (AvgIpc) is 3.39. The summed E-state index contributed by atoms with van der Waals surface area (Å²) in [6.45, 7) is 7.40. The number of aliphatic hydroxyl groups is 2. The van der Waals surface area contributed by atoms with Crippen molar-refractivity contribution in [2.75, 3.05) is 11.5 Å². The molecule has 3 amide bonds. The topological polar surface area (TPSA) is 165 Å². The van der Waals surface area contributed by atoms with E-state index in [-0.39, 0.29) is 30.4 Å². The monoisotopic (exact) mass is 1020 g/mol. The molecule has 0 saturated heterocycles. The van der Waals surface area contributed by atoms with Crippen LogP contribution in [0.3, 0.4) is 0 Å². The van der Waals surface area contributed by atoms with Crippen molar-refractivity contribution in [2.45, 2.75) is 93.2 Å². The Kier molecular flexibility index (Phi) is 21.1. The Morgan fingerprint density at radius 2 is 0.904 bits per heavy atom. The maximum Gasteiger partial charge on any atom is 0.306 e. The Balaban J connectivity index is 1.20. The third kappa shape index (κ3) is 15.1. The first-order valence-corrected chi connectivity index (χ1v) is 27.0. The van der Waals surface area contributed by atoms with Crippen molar-refractivity contribution >= 4 is 47.2 Å². The van der Waals surface area contributed by atoms with Gasteiger partial charge in [0, 0.05) is 5.75 Å². The predicted octanol–water partition coefficient (Wildman–Crippen LogP) is 10.1. The zero-order valence-corrected chi connectivity index (χ0v) is 43.7. The van der Waals surface area contributed by atoms with E-state index in [0.717, 1.165) is 33.4 Å². The maximum absolute atomic E-state index is 14.6. The molecular weight excluding hydrogens is 951 g/mol. The first-order valence-electron chi connectivity index (χ1n) is 25.0. The lowest BCUT2D eigenvalue weighted by Gasteiger charge is -2.37. The minimum absolute atomic E-state index is 0.0312. The highest BCUT2D eigenvalue weighted by Crippen LogP contribution is 2.50. The van der Waals surface area contributed by atoms with Gasteiger partial charge in [-0.2, -0.15) is 0 Å². The Morgan fingerprint density at radius 3 is 1.27 bits per heavy atom. The van der Waals surface area contributed by atoms with Crippen LogP contribution >= 0.6 is 23.5 Å². The largest absolute Gasteiger partial charge is 0.481 e. The lowest BCUT2D eigenvalue weighted by molar-refractivity contribution is -0.140. The fourth-order valence-electron chi connectivity index (χ4n) is 9.23. The van der Waals surface area contributed by atoms with Crippen molar-refractivity contribution in [2.24, 2.45) is 11.8 Å². The smallest absolute Gasteiger partial charge is 0.306 e. The van der Waals surface area contributed by atoms with E-state index in [2.05, 4.69) is 88.7 Å². The van der Waals surface area contributed by atoms with Gasteiger partial charge in [0.15, 0.2) is 0 Å². The maximum atomic E-state index is 14.6. The average molecular weight is 1020 g/mol. The van der Waals surface area contributed by atoms with Crippen LogP contribution in [0.15, 0.2) is 194 Å². The van der Waals surface area contributed by atoms with Crippen LogP contribution in [0.4, 0.5) is 0 Å². The van der Waals surface area contributed by atoms with Crippen LogP contribution in [0.25, 0.3) is 0 Å². The van der Waals surface area contributed by atoms with Crippen LogP contribution in [-0.4, -0.2) is 80.8 Å². The molecule has 382 valence electrons. The molecule has 0 heterocycles. The van der Waals surface area contributed by atoms with Crippen LogP contribution in [0.5, 0.6) is 0 Å². The van der Waals surface area contributed by atoms with E-state index in [1.165, 1.54) is 11.8 Å². The second kappa shape index (κ2) is 27.6. The summed E-state index contributed by atoms with van der Waals surface area (Å²) < 4.78 is -1.36. The summed E-state index contributed by atoms with van der Waals surface area (Å²) in [4.78, 5) is 54.6. The van der Waals surface area contributed by atoms with Crippen LogP contribution in [0, 0.1) is 11.8 Å². The molecule has 0 bridgehead atoms. The number of carboxylic acids is 1. The molecule has 0 radical (unpaired) electrons. The highest BCUT2D eigenvalue weighted by molar-refractivity contribution is 8.00. The number of benzene rings is 6. The zero-order valence-electron chi connectivity index (χ0n) is 42.1. The third-order valence-electron chi connectivity index (χ3n) is 12.7. The van der Waals surface area contributed by atoms with Gasteiger partial charge < -0.3 is 31.3 Å². The lowest BCUT2D eigenvalue weighted by atomic mass is 9.84. The van der Waals surface area contributed by atoms with E-state index in [1.807, 2.05) is 129 Å². The number of nitrogens with one attached hydrogen (secondary N) is 3. The SMILES string of the molecule is CC(C)C[C@@H](NC(=O)C[C@@H](O)/C=C/CCSC(c1ccccc1)(c1ccccc1)c1ccccc1)C(=O)N[C@H](CSC(c1ccccc1)(c1ccccc1)c1ccccc1)C(=O)N[C@H](C(C)C)[C@@H](O)CC(=O)O. The summed E-state index contributed by atoms with van der Waals surface area (Å²) in [5, 5.41) is 40.4. The van der Waals surface area contributed by atoms with E-state index in [9.17, 15) is 34.5 Å². The van der Waals surface area contributed by atoms with Gasteiger partial charge >= 0.3 is 5.97 Å². The molecule has 0 saturated carbocycles. The van der Waals surface area contributed by atoms with Crippen molar-refractivity contribution in [3.05, 3.63) is 228 Å². The highest BCUT2D eigenvalue weighted by Gasteiger charge is 2.40. The number of aliphatic carboxylic acids is 1. The van der Waals surface area contributed by atoms with Crippen molar-refractivity contribution < 1.29 is 34.5 Å². The van der Waals surface area contributed by atoms with Crippen molar-refractivity contribution in [1.82, 2.24) is 16.0 Å². The number of hydrogen-bond acceptors (Lipinski definition) is 8. The van der Waals surface area contributed by atoms with Crippen molar-refractivity contribution in [1.29, 1.82) is 0 Å². The molecule has 0 unspecified atom stereocenters. The summed E-state index contributed by atoms with van der Waals surface area (Å²) in [5.41, 5.74) is 6.27. The Morgan fingerprint density at radius 1 is 0.521 bits per heavy atom. The summed E-state index contributed by atoms with van der Waals surface area (Å²) in [5.74, 6) is -2.64. The minimum atomic E-state index is -1.40. The number of carboxylic acid groups (broad SMARTS) is 1. The number of amides is 3. The number of carbonyl (C=O) groups is 4. The fourth-order valence-corrected chi connectivity index (χ4v) is 12.3. The molecule has 0 spiro atoms. The Hall–Kier alpha value is -6.44. The van der Waals surface area contributed by atoms with Crippen LogP contribution in [0.1, 0.15) is 86.8 Å². The molecule has 6 N–H and O–H groups in total. The first-order chi connectivity index (χ1) is 35.2. The van der Waals surface area contributed by atoms with Crippen LogP contribution < -0.4 is 16.0 Å². The molecular formula is C61H69N3O7S2. The van der Waals surface area contributed by atoms with Gasteiger partial charge in [-0.1, -0.05) is 222 Å². The molecule has 0 aliphatic heterocycles. The number of hydrogen-bond donors (Lipinski definition) is 6. The molecule has 6 aromatic carbocycles. The van der Waals surface area contributed by atoms with Gasteiger partial charge in [-0.3, -0.25) is 19.2 Å². The number of thioether (sulfide) groups is 2. The van der Waals surface area contributed by atoms with E-state index in [1.54, 1.807) is 31.7 Å². The number of aliphatic hydroxyl groups excluding tert-OH is 2. The summed E-state index contributed by atoms with van der Waals surface area (Å²) in [6, 6.07) is 57.8. The normalized spacial score (nSPS) is 14.0. The Bertz CT molecular complexity index is 2470. The predicted molar refractivity (Wildman–Crippen MR) is 296 cm³/mol. The molecule has 0 aliphatic carbocycles. The van der Waals surface area contributed by atoms with E-state index in [4.69, 9.17) is 0 Å². The third-order valence-corrected chi connectivity index (χ3v) is 15.9. The van der Waals surface area contributed by atoms with Gasteiger partial charge in [0.1, 0.15) is 12.1 Å². The molecule has 73 heavy (non-hydrogen) atoms. The van der Waals surface area contributed by atoms with Gasteiger partial charge in [0.2, 0.25) is 17.7 Å². The van der Waals surface area contributed by atoms with Crippen LogP contribution in [-0.2, 0) is 28.7 Å². The van der Waals surface area contributed by atoms with E-state index < -0.39 is 69.9 Å². The number of allylic oxidation sites excluding steroid dienone is 1. The van der Waals surface area contributed by atoms with E-state index >= 15 is 0 Å². The summed E-state index contributed by atoms with van der Waals surface area (Å²) >= 11 is 3.26. The summed E-state index contributed by atoms with van der Waals surface area (Å²) in [6.07, 6.45) is 0.941. The molecule has 6 rings (SSSR count). The molecule has 0 aliphatic rings. The quantitative estimate of drug-likeness (QED) is 0.0167. The van der Waals surface area contributed by atoms with Crippen molar-refractivity contribution in [3.8, 4) is 0 Å². The molecule has 0 fully saturated rings. The van der Waals surface area contributed by atoms with Crippen molar-refractivity contribution in [3.63, 3.8) is 0 Å². The Labute approximate surface area is 439 Å². The summed E-state index contributed by atoms with van der Waals surface area (Å²) in [7, 11) is 0. The number of carbonyl (C=O) groups excluding carboxylic acids is 3. The second-order valence-corrected chi connectivity index (χ2v) is 21.5. The first kappa shape index (κ1) is 55.9. The number of rotatable bonds is 27. The molecule has 10 nitrogen and oxygen atoms in total. The lowest BCUT2D eigenvalue weighted by Crippen LogP contribution is -2.58. The fraction of sp³-hybridized carbons (Fsp3) is 0.311. The molecule has 0 aromatic heterocycles. The molecule has 6 aromatic rings. The zero-order chi connectivity index (χ0) is 52.2. The highest BCUT2D eigenvalue weighted by atomic mass is 32.2. The van der Waals surface area contributed by atoms with Gasteiger partial charge in [0.25, 0.3) is 0 Å². The van der Waals surface area contributed by atoms with Gasteiger partial charge in [0.05, 0.1) is 40.6 Å². The molecule has 5 atom stereocenters. The minimum Gasteiger partial charge on any atom is -0.481 e. The van der Waals surface area contributed by atoms with Gasteiger partial charge in [-0.05, 0) is 63.8 Å². The second-order valence-electron chi connectivity index (χ2n) is 19.0. The van der Waals surface area contributed by atoms with Gasteiger partial charge in [-0.25, -0.2) is 0 Å². The van der Waals surface area contributed by atoms with Crippen LogP contribution in [0.2, 0.25) is 0 Å². The standard InChI is InChI=1S/C61H69N3O7S2/c1-43(2)39-52(62-55(67)40-51(65)37-23-24-38-72-60(45-25-11-5-12-26-45,46-27-13-6-14-28-46)47-29-15-7-16-30-47)58(70)63-53(59(71)64-57(44(3)4)54(66)41-56(68)69)42-73-61(48-31-17-8-18-32-48,49-33-19-9-20-34-49)50-35-21-10-22-36-50/h5-23,25-37,43-44,51-54,57,65-66H,24,38-42H2,1-4H3,(H,62,67)(H,63,70)(H,64,71)(H,68,69)/b37-23+/t51-,52+,53+,54-,57+/m0/s1. The molecule has 12 heteroatoms. The van der Waals surface area contributed by atoms with Gasteiger partial charge in [-0.15, -0.1) is 23.5 Å². The van der Waals surface area contributed by atoms with E-state index in [0.29, 0.717) is 12.2 Å².